The van der Waals surface area contributed by atoms with Crippen LogP contribution in [0.15, 0.2) is 237 Å². The van der Waals surface area contributed by atoms with Gasteiger partial charge in [0, 0.05) is 44.1 Å². The highest BCUT2D eigenvalue weighted by atomic mass is 15.3. The van der Waals surface area contributed by atoms with Crippen molar-refractivity contribution in [2.75, 3.05) is 9.80 Å². The molecule has 2 aromatic heterocycles. The third-order valence-electron chi connectivity index (χ3n) is 13.3. The molecule has 0 fully saturated rings. The largest absolute Gasteiger partial charge is 0.333 e. The van der Waals surface area contributed by atoms with E-state index in [2.05, 4.69) is 256 Å². The number of nitrogens with zero attached hydrogens (tertiary/aromatic N) is 4. The molecule has 0 radical (unpaired) electrons. The van der Waals surface area contributed by atoms with Crippen LogP contribution in [0, 0.1) is 0 Å². The van der Waals surface area contributed by atoms with Crippen LogP contribution >= 0.6 is 0 Å². The predicted molar refractivity (Wildman–Crippen MR) is 269 cm³/mol. The van der Waals surface area contributed by atoms with Crippen molar-refractivity contribution < 1.29 is 0 Å². The van der Waals surface area contributed by atoms with Crippen LogP contribution in [0.5, 0.6) is 0 Å². The quantitative estimate of drug-likeness (QED) is 0.166. The van der Waals surface area contributed by atoms with E-state index in [9.17, 15) is 0 Å². The molecule has 0 saturated carbocycles. The van der Waals surface area contributed by atoms with E-state index in [1.807, 2.05) is 0 Å². The molecule has 0 saturated heterocycles. The van der Waals surface area contributed by atoms with E-state index in [0.29, 0.717) is 0 Å². The lowest BCUT2D eigenvalue weighted by Gasteiger charge is -2.41. The number of hydrogen-bond acceptors (Lipinski definition) is 2. The highest BCUT2D eigenvalue weighted by molar-refractivity contribution is 6.26. The van der Waals surface area contributed by atoms with Gasteiger partial charge in [0.2, 0.25) is 0 Å². The van der Waals surface area contributed by atoms with Crippen LogP contribution < -0.4 is 9.80 Å². The normalized spacial score (nSPS) is 14.6. The molecule has 3 heterocycles. The van der Waals surface area contributed by atoms with Crippen LogP contribution in [0.4, 0.5) is 34.1 Å². The zero-order valence-corrected chi connectivity index (χ0v) is 35.1. The SMILES string of the molecule is C1=CC(n2c3ccccc3c3c4c(ccc32)N(c2ccccc2)c2c(ccc3c2c2ccccc2n3-c2cccc(-c3ccccc3)c2)N4c2ccccc2)CC=C1c1ccccc1. The van der Waals surface area contributed by atoms with Gasteiger partial charge in [-0.25, -0.2) is 0 Å². The zero-order valence-electron chi connectivity index (χ0n) is 35.1. The second kappa shape index (κ2) is 14.6. The first kappa shape index (κ1) is 36.3. The highest BCUT2D eigenvalue weighted by Crippen LogP contribution is 2.60. The first-order valence-corrected chi connectivity index (χ1v) is 22.2. The van der Waals surface area contributed by atoms with E-state index < -0.39 is 0 Å². The Kier molecular flexibility index (Phi) is 8.31. The predicted octanol–water partition coefficient (Wildman–Crippen LogP) is 16.4. The fraction of sp³-hybridized carbons (Fsp3) is 0.0333. The molecule has 302 valence electrons. The van der Waals surface area contributed by atoms with E-state index in [0.717, 1.165) is 46.1 Å². The number of allylic oxidation sites excluding steroid dienone is 4. The zero-order chi connectivity index (χ0) is 42.1. The third-order valence-corrected chi connectivity index (χ3v) is 13.3. The molecule has 9 aromatic carbocycles. The first-order chi connectivity index (χ1) is 31.8. The number of hydrogen-bond donors (Lipinski definition) is 0. The Morgan fingerprint density at radius 2 is 0.875 bits per heavy atom. The standard InChI is InChI=1S/C60H42N4/c1-5-18-41(19-6-1)43-32-34-47(35-33-43)61-51-30-15-13-28-49(51)57-53(61)36-38-55-59(57)63(45-23-9-3-10-24-45)56-39-37-54-58(60(56)64(55)46-25-11-4-12-26-46)50-29-14-16-31-52(50)62(54)48-27-17-22-44(40-48)42-20-7-2-8-21-42/h1-34,36-40,47H,35H2. The summed E-state index contributed by atoms with van der Waals surface area (Å²) >= 11 is 0. The second-order valence-corrected chi connectivity index (χ2v) is 16.8. The lowest BCUT2D eigenvalue weighted by molar-refractivity contribution is 0.649. The van der Waals surface area contributed by atoms with Crippen molar-refractivity contribution in [1.82, 2.24) is 9.13 Å². The van der Waals surface area contributed by atoms with Gasteiger partial charge < -0.3 is 18.9 Å². The minimum atomic E-state index is 0.158. The summed E-state index contributed by atoms with van der Waals surface area (Å²) < 4.78 is 5.03. The van der Waals surface area contributed by atoms with Crippen molar-refractivity contribution in [3.63, 3.8) is 0 Å². The molecule has 0 spiro atoms. The molecule has 11 aromatic rings. The van der Waals surface area contributed by atoms with Crippen molar-refractivity contribution in [1.29, 1.82) is 0 Å². The van der Waals surface area contributed by atoms with Crippen LogP contribution in [-0.2, 0) is 0 Å². The average molecular weight is 819 g/mol. The lowest BCUT2D eigenvalue weighted by atomic mass is 9.96. The average Bonchev–Trinajstić information content (AvgIpc) is 3.90. The second-order valence-electron chi connectivity index (χ2n) is 16.8. The summed E-state index contributed by atoms with van der Waals surface area (Å²) in [6, 6.07) is 79.8. The van der Waals surface area contributed by atoms with Gasteiger partial charge in [0.25, 0.3) is 0 Å². The van der Waals surface area contributed by atoms with Gasteiger partial charge in [0.05, 0.1) is 45.3 Å². The van der Waals surface area contributed by atoms with Crippen molar-refractivity contribution in [3.8, 4) is 16.8 Å². The molecular formula is C60H42N4. The van der Waals surface area contributed by atoms with Gasteiger partial charge in [-0.2, -0.15) is 0 Å². The maximum Gasteiger partial charge on any atom is 0.0804 e. The van der Waals surface area contributed by atoms with E-state index in [1.165, 1.54) is 66.0 Å². The van der Waals surface area contributed by atoms with E-state index in [4.69, 9.17) is 0 Å². The minimum Gasteiger partial charge on any atom is -0.333 e. The number of aromatic nitrogens is 2. The van der Waals surface area contributed by atoms with Gasteiger partial charge in [-0.1, -0.05) is 164 Å². The maximum absolute atomic E-state index is 2.58. The van der Waals surface area contributed by atoms with Crippen LogP contribution in [-0.4, -0.2) is 9.13 Å². The van der Waals surface area contributed by atoms with Crippen LogP contribution in [0.3, 0.4) is 0 Å². The molecule has 2 aliphatic rings. The van der Waals surface area contributed by atoms with Gasteiger partial charge >= 0.3 is 0 Å². The molecule has 1 aliphatic heterocycles. The smallest absolute Gasteiger partial charge is 0.0804 e. The Labute approximate surface area is 372 Å². The van der Waals surface area contributed by atoms with E-state index >= 15 is 0 Å². The van der Waals surface area contributed by atoms with Crippen molar-refractivity contribution in [2.45, 2.75) is 12.5 Å². The number of benzene rings is 9. The fourth-order valence-electron chi connectivity index (χ4n) is 10.6. The van der Waals surface area contributed by atoms with E-state index in [-0.39, 0.29) is 6.04 Å². The molecule has 64 heavy (non-hydrogen) atoms. The van der Waals surface area contributed by atoms with Crippen molar-refractivity contribution >= 4 is 83.3 Å². The fourth-order valence-corrected chi connectivity index (χ4v) is 10.6. The molecular weight excluding hydrogens is 777 g/mol. The Balaban J connectivity index is 1.10. The minimum absolute atomic E-state index is 0.158. The van der Waals surface area contributed by atoms with Gasteiger partial charge in [0.1, 0.15) is 0 Å². The Hall–Kier alpha value is -8.34. The molecule has 13 rings (SSSR count). The van der Waals surface area contributed by atoms with Crippen molar-refractivity contribution in [3.05, 3.63) is 242 Å². The van der Waals surface area contributed by atoms with E-state index in [1.54, 1.807) is 0 Å². The number of anilines is 6. The molecule has 1 aliphatic carbocycles. The molecule has 0 bridgehead atoms. The summed E-state index contributed by atoms with van der Waals surface area (Å²) in [6.45, 7) is 0. The highest BCUT2D eigenvalue weighted by Gasteiger charge is 2.36. The van der Waals surface area contributed by atoms with Gasteiger partial charge in [-0.05, 0) is 101 Å². The Bertz CT molecular complexity index is 3640. The molecule has 0 N–H and O–H groups in total. The van der Waals surface area contributed by atoms with Crippen LogP contribution in [0.1, 0.15) is 18.0 Å². The maximum atomic E-state index is 2.58. The summed E-state index contributed by atoms with van der Waals surface area (Å²) in [5, 5.41) is 4.91. The molecule has 0 amide bonds. The van der Waals surface area contributed by atoms with Gasteiger partial charge in [0.15, 0.2) is 0 Å². The van der Waals surface area contributed by atoms with Gasteiger partial charge in [-0.3, -0.25) is 0 Å². The molecule has 4 nitrogen and oxygen atoms in total. The lowest BCUT2D eigenvalue weighted by Crippen LogP contribution is -2.24. The molecule has 1 unspecified atom stereocenters. The Morgan fingerprint density at radius 3 is 1.50 bits per heavy atom. The summed E-state index contributed by atoms with van der Waals surface area (Å²) in [7, 11) is 0. The summed E-state index contributed by atoms with van der Waals surface area (Å²) in [4.78, 5) is 5.07. The molecule has 4 heteroatoms. The third kappa shape index (κ3) is 5.56. The number of para-hydroxylation sites is 4. The Morgan fingerprint density at radius 1 is 0.375 bits per heavy atom. The van der Waals surface area contributed by atoms with Crippen molar-refractivity contribution in [2.24, 2.45) is 0 Å². The van der Waals surface area contributed by atoms with Gasteiger partial charge in [-0.15, -0.1) is 0 Å². The van der Waals surface area contributed by atoms with Crippen LogP contribution in [0.2, 0.25) is 0 Å². The topological polar surface area (TPSA) is 16.3 Å². The summed E-state index contributed by atoms with van der Waals surface area (Å²) in [5.74, 6) is 0. The van der Waals surface area contributed by atoms with Crippen LogP contribution in [0.25, 0.3) is 66.0 Å². The first-order valence-electron chi connectivity index (χ1n) is 22.2. The molecule has 1 atom stereocenters. The number of fused-ring (bicyclic) bond motifs is 10. The monoisotopic (exact) mass is 818 g/mol. The summed E-state index contributed by atoms with van der Waals surface area (Å²) in [6.07, 6.45) is 8.02. The number of rotatable bonds is 6. The summed E-state index contributed by atoms with van der Waals surface area (Å²) in [5.41, 5.74) is 17.7.